The Morgan fingerprint density at radius 2 is 1.20 bits per heavy atom. The third-order valence-corrected chi connectivity index (χ3v) is 11.0. The van der Waals surface area contributed by atoms with Crippen LogP contribution >= 0.6 is 11.8 Å². The van der Waals surface area contributed by atoms with Crippen LogP contribution in [0.2, 0.25) is 0 Å². The van der Waals surface area contributed by atoms with Crippen molar-refractivity contribution in [3.63, 3.8) is 0 Å². The van der Waals surface area contributed by atoms with Crippen LogP contribution in [0.4, 0.5) is 21.9 Å². The zero-order valence-electron chi connectivity index (χ0n) is 33.3. The molecule has 0 aromatic heterocycles. The van der Waals surface area contributed by atoms with E-state index in [4.69, 9.17) is 4.74 Å². The molecule has 0 aliphatic heterocycles. The van der Waals surface area contributed by atoms with Crippen LogP contribution in [0.5, 0.6) is 0 Å². The van der Waals surface area contributed by atoms with Gasteiger partial charge in [0.25, 0.3) is 5.69 Å². The number of ketones is 1. The van der Waals surface area contributed by atoms with E-state index in [-0.39, 0.29) is 34.8 Å². The normalized spacial score (nSPS) is 11.8. The molecule has 0 saturated heterocycles. The maximum atomic E-state index is 14.4. The predicted octanol–water partition coefficient (Wildman–Crippen LogP) is 9.56. The Hall–Kier alpha value is -7.05. The van der Waals surface area contributed by atoms with Crippen molar-refractivity contribution in [2.45, 2.75) is 43.6 Å². The maximum absolute atomic E-state index is 14.4. The highest BCUT2D eigenvalue weighted by atomic mass is 32.2. The first kappa shape index (κ1) is 42.6. The standard InChI is InChI=1S/C48H44N4O7S/c1-47(2,3)59-46(56)51-42(32-60-48(35-18-10-5-11-19-35,36-20-12-6-13-21-36)37-22-14-7-15-23-37)45(55)49-38-26-29-41(40(31-38)44(54)34-16-8-4-9-17-34)50-43(53)30-33-24-27-39(28-25-33)52(57)58/h4-29,31,42H,30,32H2,1-3H3,(H,49,55)(H,50,53)(H,51,56)/t42-/m0/s1. The van der Waals surface area contributed by atoms with Crippen LogP contribution in [0.1, 0.15) is 58.9 Å². The fraction of sp³-hybridized carbons (Fsp3) is 0.167. The van der Waals surface area contributed by atoms with Crippen LogP contribution < -0.4 is 16.0 Å². The van der Waals surface area contributed by atoms with Crippen molar-refractivity contribution in [1.82, 2.24) is 5.32 Å². The van der Waals surface area contributed by atoms with E-state index in [0.29, 0.717) is 11.1 Å². The van der Waals surface area contributed by atoms with Crippen LogP contribution in [-0.2, 0) is 25.5 Å². The Bertz CT molecular complexity index is 2350. The number of carbonyl (C=O) groups is 4. The lowest BCUT2D eigenvalue weighted by Gasteiger charge is -2.36. The average molecular weight is 821 g/mol. The Labute approximate surface area is 352 Å². The SMILES string of the molecule is CC(C)(C)OC(=O)N[C@@H](CSC(c1ccccc1)(c1ccccc1)c1ccccc1)C(=O)Nc1ccc(NC(=O)Cc2ccc([N+](=O)[O-])cc2)c(C(=O)c2ccccc2)c1. The third-order valence-electron chi connectivity index (χ3n) is 9.37. The predicted molar refractivity (Wildman–Crippen MR) is 235 cm³/mol. The van der Waals surface area contributed by atoms with Gasteiger partial charge in [-0.15, -0.1) is 11.8 Å². The van der Waals surface area contributed by atoms with E-state index in [0.717, 1.165) is 16.7 Å². The molecule has 0 spiro atoms. The monoisotopic (exact) mass is 820 g/mol. The number of carbonyl (C=O) groups excluding carboxylic acids is 4. The summed E-state index contributed by atoms with van der Waals surface area (Å²) in [6.07, 6.45) is -0.888. The van der Waals surface area contributed by atoms with Gasteiger partial charge >= 0.3 is 6.09 Å². The minimum absolute atomic E-state index is 0.0936. The van der Waals surface area contributed by atoms with Gasteiger partial charge in [0.2, 0.25) is 11.8 Å². The molecule has 6 aromatic carbocycles. The van der Waals surface area contributed by atoms with Gasteiger partial charge in [-0.1, -0.05) is 133 Å². The van der Waals surface area contributed by atoms with Gasteiger partial charge in [-0.3, -0.25) is 24.5 Å². The molecular formula is C48H44N4O7S. The molecule has 0 radical (unpaired) electrons. The van der Waals surface area contributed by atoms with E-state index < -0.39 is 45.0 Å². The van der Waals surface area contributed by atoms with Gasteiger partial charge in [-0.05, 0) is 61.2 Å². The second-order valence-corrected chi connectivity index (χ2v) is 16.1. The van der Waals surface area contributed by atoms with E-state index in [1.165, 1.54) is 48.2 Å². The Morgan fingerprint density at radius 1 is 0.683 bits per heavy atom. The minimum atomic E-state index is -1.13. The number of nitrogens with zero attached hydrogens (tertiary/aromatic N) is 1. The number of benzene rings is 6. The molecule has 0 heterocycles. The highest BCUT2D eigenvalue weighted by Gasteiger charge is 2.39. The van der Waals surface area contributed by atoms with Crippen molar-refractivity contribution in [3.8, 4) is 0 Å². The number of anilines is 2. The van der Waals surface area contributed by atoms with Gasteiger partial charge in [0.1, 0.15) is 11.6 Å². The smallest absolute Gasteiger partial charge is 0.408 e. The summed E-state index contributed by atoms with van der Waals surface area (Å²) >= 11 is 1.49. The van der Waals surface area contributed by atoms with Gasteiger partial charge in [-0.25, -0.2) is 4.79 Å². The maximum Gasteiger partial charge on any atom is 0.408 e. The lowest BCUT2D eigenvalue weighted by atomic mass is 9.84. The summed E-state index contributed by atoms with van der Waals surface area (Å²) in [6.45, 7) is 5.21. The number of nitrogens with one attached hydrogen (secondary N) is 3. The molecule has 0 bridgehead atoms. The van der Waals surface area contributed by atoms with Gasteiger partial charge in [0.15, 0.2) is 5.78 Å². The number of thioether (sulfide) groups is 1. The first-order valence-electron chi connectivity index (χ1n) is 19.2. The fourth-order valence-corrected chi connectivity index (χ4v) is 8.18. The molecule has 6 aromatic rings. The molecule has 1 atom stereocenters. The zero-order valence-corrected chi connectivity index (χ0v) is 34.1. The van der Waals surface area contributed by atoms with Crippen molar-refractivity contribution in [2.24, 2.45) is 0 Å². The van der Waals surface area contributed by atoms with Crippen LogP contribution in [0.15, 0.2) is 164 Å². The summed E-state index contributed by atoms with van der Waals surface area (Å²) < 4.78 is 4.81. The summed E-state index contributed by atoms with van der Waals surface area (Å²) in [5.41, 5.74) is 3.42. The average Bonchev–Trinajstić information content (AvgIpc) is 3.24. The van der Waals surface area contributed by atoms with Crippen LogP contribution in [0, 0.1) is 10.1 Å². The number of ether oxygens (including phenoxy) is 1. The first-order valence-corrected chi connectivity index (χ1v) is 20.2. The molecule has 304 valence electrons. The summed E-state index contributed by atoms with van der Waals surface area (Å²) in [6, 6.07) is 47.5. The quantitative estimate of drug-likeness (QED) is 0.0400. The highest BCUT2D eigenvalue weighted by Crippen LogP contribution is 2.48. The molecule has 3 amide bonds. The number of non-ortho nitro benzene ring substituents is 1. The number of hydrogen-bond donors (Lipinski definition) is 3. The van der Waals surface area contributed by atoms with Crippen molar-refractivity contribution in [1.29, 1.82) is 0 Å². The second-order valence-electron chi connectivity index (χ2n) is 14.9. The van der Waals surface area contributed by atoms with Crippen molar-refractivity contribution < 1.29 is 28.8 Å². The molecule has 0 aliphatic rings. The van der Waals surface area contributed by atoms with Crippen molar-refractivity contribution >= 4 is 52.5 Å². The van der Waals surface area contributed by atoms with Crippen LogP contribution in [0.3, 0.4) is 0 Å². The summed E-state index contributed by atoms with van der Waals surface area (Å²) in [5.74, 6) is -1.34. The largest absolute Gasteiger partial charge is 0.444 e. The number of hydrogen-bond acceptors (Lipinski definition) is 8. The van der Waals surface area contributed by atoms with Gasteiger partial charge in [0.05, 0.1) is 21.8 Å². The lowest BCUT2D eigenvalue weighted by Crippen LogP contribution is -2.48. The molecule has 60 heavy (non-hydrogen) atoms. The van der Waals surface area contributed by atoms with E-state index in [1.54, 1.807) is 57.2 Å². The van der Waals surface area contributed by atoms with Gasteiger partial charge in [-0.2, -0.15) is 0 Å². The highest BCUT2D eigenvalue weighted by molar-refractivity contribution is 8.00. The lowest BCUT2D eigenvalue weighted by molar-refractivity contribution is -0.384. The van der Waals surface area contributed by atoms with Crippen LogP contribution in [-0.4, -0.2) is 46.0 Å². The van der Waals surface area contributed by atoms with Crippen molar-refractivity contribution in [3.05, 3.63) is 207 Å². The van der Waals surface area contributed by atoms with E-state index in [9.17, 15) is 29.3 Å². The van der Waals surface area contributed by atoms with Crippen LogP contribution in [0.25, 0.3) is 0 Å². The fourth-order valence-electron chi connectivity index (χ4n) is 6.62. The molecule has 12 heteroatoms. The molecule has 3 N–H and O–H groups in total. The number of alkyl carbamates (subject to hydrolysis) is 1. The third kappa shape index (κ3) is 10.7. The van der Waals surface area contributed by atoms with E-state index >= 15 is 0 Å². The number of amides is 3. The Morgan fingerprint density at radius 3 is 1.70 bits per heavy atom. The number of nitro benzene ring substituents is 1. The Balaban J connectivity index is 1.33. The van der Waals surface area contributed by atoms with Gasteiger partial charge in [0, 0.05) is 34.7 Å². The Kier molecular flexibility index (Phi) is 13.6. The van der Waals surface area contributed by atoms with Gasteiger partial charge < -0.3 is 20.7 Å². The summed E-state index contributed by atoms with van der Waals surface area (Å²) in [4.78, 5) is 65.6. The summed E-state index contributed by atoms with van der Waals surface area (Å²) in [7, 11) is 0. The molecule has 0 unspecified atom stereocenters. The minimum Gasteiger partial charge on any atom is -0.444 e. The second kappa shape index (κ2) is 19.1. The topological polar surface area (TPSA) is 157 Å². The molecular weight excluding hydrogens is 777 g/mol. The summed E-state index contributed by atoms with van der Waals surface area (Å²) in [5, 5.41) is 19.6. The molecule has 0 fully saturated rings. The molecule has 0 saturated carbocycles. The number of nitro groups is 1. The molecule has 0 aliphatic carbocycles. The van der Waals surface area contributed by atoms with E-state index in [1.807, 2.05) is 91.0 Å². The number of rotatable bonds is 15. The zero-order chi connectivity index (χ0) is 42.7. The van der Waals surface area contributed by atoms with Crippen molar-refractivity contribution in [2.75, 3.05) is 16.4 Å². The first-order chi connectivity index (χ1) is 28.8. The molecule has 6 rings (SSSR count). The van der Waals surface area contributed by atoms with E-state index in [2.05, 4.69) is 16.0 Å². The molecule has 11 nitrogen and oxygen atoms in total.